The number of benzene rings is 2. The molecule has 0 aromatic heterocycles. The Balaban J connectivity index is 1.94. The zero-order valence-electron chi connectivity index (χ0n) is 14.0. The Kier molecular flexibility index (Phi) is 6.33. The molecule has 0 aliphatic heterocycles. The molecule has 2 N–H and O–H groups in total. The van der Waals surface area contributed by atoms with Crippen LogP contribution in [0.25, 0.3) is 0 Å². The molecule has 2 amide bonds. The predicted molar refractivity (Wildman–Crippen MR) is 90.1 cm³/mol. The SMILES string of the molecule is COc1cccc(OC)c1C(=O)NCC(=O)NCc1ccccc1F. The van der Waals surface area contributed by atoms with E-state index in [1.54, 1.807) is 36.4 Å². The molecule has 0 heterocycles. The second-order valence-electron chi connectivity index (χ2n) is 5.09. The van der Waals surface area contributed by atoms with E-state index < -0.39 is 17.6 Å². The summed E-state index contributed by atoms with van der Waals surface area (Å²) in [5, 5.41) is 5.04. The fourth-order valence-electron chi connectivity index (χ4n) is 2.22. The van der Waals surface area contributed by atoms with Gasteiger partial charge in [-0.1, -0.05) is 24.3 Å². The summed E-state index contributed by atoms with van der Waals surface area (Å²) < 4.78 is 23.8. The fourth-order valence-corrected chi connectivity index (χ4v) is 2.22. The first kappa shape index (κ1) is 18.3. The molecule has 2 aromatic rings. The third kappa shape index (κ3) is 4.69. The minimum atomic E-state index is -0.504. The zero-order valence-corrected chi connectivity index (χ0v) is 14.0. The van der Waals surface area contributed by atoms with Gasteiger partial charge < -0.3 is 20.1 Å². The van der Waals surface area contributed by atoms with E-state index in [1.807, 2.05) is 0 Å². The van der Waals surface area contributed by atoms with Gasteiger partial charge in [-0.15, -0.1) is 0 Å². The Labute approximate surface area is 144 Å². The first-order valence-corrected chi connectivity index (χ1v) is 7.56. The number of halogens is 1. The van der Waals surface area contributed by atoms with Crippen molar-refractivity contribution in [3.8, 4) is 11.5 Å². The highest BCUT2D eigenvalue weighted by atomic mass is 19.1. The molecule has 0 aliphatic rings. The molecular weight excluding hydrogens is 327 g/mol. The number of nitrogens with one attached hydrogen (secondary N) is 2. The highest BCUT2D eigenvalue weighted by molar-refractivity contribution is 6.01. The van der Waals surface area contributed by atoms with Crippen molar-refractivity contribution in [3.63, 3.8) is 0 Å². The first-order valence-electron chi connectivity index (χ1n) is 7.56. The molecule has 0 radical (unpaired) electrons. The van der Waals surface area contributed by atoms with Crippen molar-refractivity contribution in [3.05, 3.63) is 59.4 Å². The molecule has 2 aromatic carbocycles. The van der Waals surface area contributed by atoms with Gasteiger partial charge in [0.05, 0.1) is 20.8 Å². The number of rotatable bonds is 7. The summed E-state index contributed by atoms with van der Waals surface area (Å²) >= 11 is 0. The summed E-state index contributed by atoms with van der Waals surface area (Å²) in [7, 11) is 2.87. The maximum atomic E-state index is 13.5. The fraction of sp³-hybridized carbons (Fsp3) is 0.222. The van der Waals surface area contributed by atoms with E-state index in [4.69, 9.17) is 9.47 Å². The summed E-state index contributed by atoms with van der Waals surface area (Å²) in [5.41, 5.74) is 0.572. The van der Waals surface area contributed by atoms with Gasteiger partial charge in [0.1, 0.15) is 22.9 Å². The number of amides is 2. The molecule has 25 heavy (non-hydrogen) atoms. The van der Waals surface area contributed by atoms with E-state index in [-0.39, 0.29) is 18.7 Å². The van der Waals surface area contributed by atoms with Crippen molar-refractivity contribution >= 4 is 11.8 Å². The zero-order chi connectivity index (χ0) is 18.2. The van der Waals surface area contributed by atoms with E-state index in [2.05, 4.69) is 10.6 Å². The lowest BCUT2D eigenvalue weighted by atomic mass is 10.1. The lowest BCUT2D eigenvalue weighted by Gasteiger charge is -2.13. The number of ether oxygens (including phenoxy) is 2. The van der Waals surface area contributed by atoms with Crippen LogP contribution in [-0.4, -0.2) is 32.6 Å². The highest BCUT2D eigenvalue weighted by Crippen LogP contribution is 2.27. The normalized spacial score (nSPS) is 10.0. The Morgan fingerprint density at radius 2 is 1.60 bits per heavy atom. The van der Waals surface area contributed by atoms with Crippen LogP contribution >= 0.6 is 0 Å². The van der Waals surface area contributed by atoms with Gasteiger partial charge in [-0.2, -0.15) is 0 Å². The highest BCUT2D eigenvalue weighted by Gasteiger charge is 2.18. The van der Waals surface area contributed by atoms with Crippen molar-refractivity contribution in [2.24, 2.45) is 0 Å². The lowest BCUT2D eigenvalue weighted by Crippen LogP contribution is -2.37. The maximum Gasteiger partial charge on any atom is 0.259 e. The van der Waals surface area contributed by atoms with Crippen LogP contribution in [0.15, 0.2) is 42.5 Å². The van der Waals surface area contributed by atoms with E-state index in [1.165, 1.54) is 20.3 Å². The number of carbonyl (C=O) groups excluding carboxylic acids is 2. The number of hydrogen-bond donors (Lipinski definition) is 2. The monoisotopic (exact) mass is 346 g/mol. The van der Waals surface area contributed by atoms with Crippen LogP contribution in [0.2, 0.25) is 0 Å². The first-order chi connectivity index (χ1) is 12.1. The van der Waals surface area contributed by atoms with Crippen molar-refractivity contribution in [2.45, 2.75) is 6.54 Å². The average molecular weight is 346 g/mol. The van der Waals surface area contributed by atoms with Crippen molar-refractivity contribution in [1.29, 1.82) is 0 Å². The van der Waals surface area contributed by atoms with Gasteiger partial charge in [-0.3, -0.25) is 9.59 Å². The minimum Gasteiger partial charge on any atom is -0.496 e. The Hall–Kier alpha value is -3.09. The van der Waals surface area contributed by atoms with Gasteiger partial charge in [-0.05, 0) is 18.2 Å². The summed E-state index contributed by atoms with van der Waals surface area (Å²) in [6, 6.07) is 11.1. The molecule has 0 unspecified atom stereocenters. The maximum absolute atomic E-state index is 13.5. The Morgan fingerprint density at radius 3 is 2.20 bits per heavy atom. The second-order valence-corrected chi connectivity index (χ2v) is 5.09. The molecule has 0 bridgehead atoms. The van der Waals surface area contributed by atoms with E-state index in [0.717, 1.165) is 0 Å². The summed E-state index contributed by atoms with van der Waals surface area (Å²) in [6.07, 6.45) is 0. The quantitative estimate of drug-likeness (QED) is 0.803. The van der Waals surface area contributed by atoms with Crippen molar-refractivity contribution in [2.75, 3.05) is 20.8 Å². The molecule has 0 atom stereocenters. The number of methoxy groups -OCH3 is 2. The molecule has 0 aliphatic carbocycles. The van der Waals surface area contributed by atoms with Crippen molar-refractivity contribution < 1.29 is 23.5 Å². The van der Waals surface area contributed by atoms with Crippen LogP contribution in [-0.2, 0) is 11.3 Å². The molecule has 0 spiro atoms. The molecular formula is C18H19FN2O4. The Bertz CT molecular complexity index is 742. The van der Waals surface area contributed by atoms with Crippen LogP contribution < -0.4 is 20.1 Å². The van der Waals surface area contributed by atoms with Gasteiger partial charge >= 0.3 is 0 Å². The summed E-state index contributed by atoms with van der Waals surface area (Å²) in [4.78, 5) is 24.2. The smallest absolute Gasteiger partial charge is 0.259 e. The van der Waals surface area contributed by atoms with Crippen LogP contribution in [0, 0.1) is 5.82 Å². The van der Waals surface area contributed by atoms with Crippen LogP contribution in [0.1, 0.15) is 15.9 Å². The standard InChI is InChI=1S/C18H19FN2O4/c1-24-14-8-5-9-15(25-2)17(14)18(23)21-11-16(22)20-10-12-6-3-4-7-13(12)19/h3-9H,10-11H2,1-2H3,(H,20,22)(H,21,23). The average Bonchev–Trinajstić information content (AvgIpc) is 2.64. The minimum absolute atomic E-state index is 0.0410. The van der Waals surface area contributed by atoms with E-state index in [0.29, 0.717) is 17.1 Å². The second kappa shape index (κ2) is 8.68. The molecule has 132 valence electrons. The summed E-state index contributed by atoms with van der Waals surface area (Å²) in [6.45, 7) is -0.214. The predicted octanol–water partition coefficient (Wildman–Crippen LogP) is 1.89. The topological polar surface area (TPSA) is 76.7 Å². The van der Waals surface area contributed by atoms with E-state index >= 15 is 0 Å². The van der Waals surface area contributed by atoms with Crippen LogP contribution in [0.4, 0.5) is 4.39 Å². The van der Waals surface area contributed by atoms with Gasteiger partial charge in [0.15, 0.2) is 0 Å². The van der Waals surface area contributed by atoms with Crippen molar-refractivity contribution in [1.82, 2.24) is 10.6 Å². The van der Waals surface area contributed by atoms with Gasteiger partial charge in [0.2, 0.25) is 5.91 Å². The van der Waals surface area contributed by atoms with Gasteiger partial charge in [-0.25, -0.2) is 4.39 Å². The molecule has 6 nitrogen and oxygen atoms in total. The van der Waals surface area contributed by atoms with Gasteiger partial charge in [0.25, 0.3) is 5.91 Å². The van der Waals surface area contributed by atoms with Gasteiger partial charge in [0, 0.05) is 12.1 Å². The molecule has 0 saturated heterocycles. The molecule has 2 rings (SSSR count). The third-order valence-corrected chi connectivity index (χ3v) is 3.50. The molecule has 7 heteroatoms. The number of carbonyl (C=O) groups is 2. The largest absolute Gasteiger partial charge is 0.496 e. The number of hydrogen-bond acceptors (Lipinski definition) is 4. The van der Waals surface area contributed by atoms with Crippen LogP contribution in [0.3, 0.4) is 0 Å². The summed E-state index contributed by atoms with van der Waals surface area (Å²) in [5.74, 6) is -0.668. The third-order valence-electron chi connectivity index (χ3n) is 3.50. The van der Waals surface area contributed by atoms with Crippen LogP contribution in [0.5, 0.6) is 11.5 Å². The Morgan fingerprint density at radius 1 is 0.960 bits per heavy atom. The van der Waals surface area contributed by atoms with E-state index in [9.17, 15) is 14.0 Å². The lowest BCUT2D eigenvalue weighted by molar-refractivity contribution is -0.120. The molecule has 0 fully saturated rings. The molecule has 0 saturated carbocycles.